The number of hydrogen-bond acceptors (Lipinski definition) is 8. The fourth-order valence-corrected chi connectivity index (χ4v) is 3.41. The highest BCUT2D eigenvalue weighted by Gasteiger charge is 2.17. The van der Waals surface area contributed by atoms with Gasteiger partial charge in [0.1, 0.15) is 11.4 Å². The van der Waals surface area contributed by atoms with E-state index in [0.29, 0.717) is 39.4 Å². The minimum absolute atomic E-state index is 0.121. The van der Waals surface area contributed by atoms with Crippen LogP contribution in [0.15, 0.2) is 54.7 Å². The monoisotopic (exact) mass is 448 g/mol. The Balaban J connectivity index is 1.75. The van der Waals surface area contributed by atoms with Crippen LogP contribution in [0.2, 0.25) is 0 Å². The molecule has 0 aliphatic heterocycles. The quantitative estimate of drug-likeness (QED) is 0.372. The van der Waals surface area contributed by atoms with Crippen molar-refractivity contribution in [1.82, 2.24) is 9.97 Å². The Hall–Kier alpha value is -3.75. The predicted molar refractivity (Wildman–Crippen MR) is 123 cm³/mol. The average molecular weight is 448 g/mol. The number of ether oxygens (including phenoxy) is 3. The lowest BCUT2D eigenvalue weighted by Gasteiger charge is -2.17. The van der Waals surface area contributed by atoms with Gasteiger partial charge in [0, 0.05) is 35.9 Å². The maximum absolute atomic E-state index is 12.3. The molecule has 8 heteroatoms. The van der Waals surface area contributed by atoms with Gasteiger partial charge in [0.25, 0.3) is 0 Å². The van der Waals surface area contributed by atoms with Gasteiger partial charge in [-0.25, -0.2) is 4.98 Å². The van der Waals surface area contributed by atoms with E-state index in [2.05, 4.69) is 9.97 Å². The summed E-state index contributed by atoms with van der Waals surface area (Å²) >= 11 is 0. The van der Waals surface area contributed by atoms with Crippen LogP contribution in [-0.2, 0) is 0 Å². The third-order valence-corrected chi connectivity index (χ3v) is 5.22. The lowest BCUT2D eigenvalue weighted by Crippen LogP contribution is -2.19. The van der Waals surface area contributed by atoms with Gasteiger partial charge in [-0.05, 0) is 24.3 Å². The predicted octanol–water partition coefficient (Wildman–Crippen LogP) is 3.77. The van der Waals surface area contributed by atoms with E-state index in [1.165, 1.54) is 14.0 Å². The summed E-state index contributed by atoms with van der Waals surface area (Å²) in [6.45, 7) is 1.19. The summed E-state index contributed by atoms with van der Waals surface area (Å²) in [5.41, 5.74) is 1.54. The molecule has 2 aromatic carbocycles. The van der Waals surface area contributed by atoms with Crippen LogP contribution in [0.4, 0.5) is 0 Å². The van der Waals surface area contributed by atoms with Crippen LogP contribution in [0, 0.1) is 5.92 Å². The van der Waals surface area contributed by atoms with Gasteiger partial charge in [-0.3, -0.25) is 9.78 Å². The smallest absolute Gasteiger partial charge is 0.181 e. The number of carbonyl (C=O) groups excluding carboxylic acids is 1. The number of carbonyl (C=O) groups is 1. The highest BCUT2D eigenvalue weighted by Crippen LogP contribution is 2.38. The summed E-state index contributed by atoms with van der Waals surface area (Å²) < 4.78 is 17.4. The molecular weight excluding hydrogens is 424 g/mol. The number of nitrogens with zero attached hydrogens (tertiary/aromatic N) is 2. The van der Waals surface area contributed by atoms with Gasteiger partial charge in [-0.2, -0.15) is 0 Å². The van der Waals surface area contributed by atoms with Crippen molar-refractivity contribution in [2.75, 3.05) is 26.9 Å². The number of aromatic nitrogens is 2. The van der Waals surface area contributed by atoms with E-state index in [1.807, 2.05) is 24.3 Å². The van der Waals surface area contributed by atoms with E-state index in [1.54, 1.807) is 30.5 Å². The van der Waals surface area contributed by atoms with E-state index in [-0.39, 0.29) is 31.3 Å². The van der Waals surface area contributed by atoms with Crippen molar-refractivity contribution in [2.24, 2.45) is 5.92 Å². The topological polar surface area (TPSA) is 111 Å². The molecule has 8 nitrogen and oxygen atoms in total. The third-order valence-electron chi connectivity index (χ3n) is 5.22. The molecule has 0 atom stereocenters. The fraction of sp³-hybridized carbons (Fsp3) is 0.240. The summed E-state index contributed by atoms with van der Waals surface area (Å²) in [5.74, 6) is 1.09. The number of hydrogen-bond donors (Lipinski definition) is 2. The minimum atomic E-state index is -0.404. The lowest BCUT2D eigenvalue weighted by molar-refractivity contribution is 0.101. The minimum Gasteiger partial charge on any atom is -0.493 e. The largest absolute Gasteiger partial charge is 0.493 e. The van der Waals surface area contributed by atoms with E-state index in [0.717, 1.165) is 5.39 Å². The Morgan fingerprint density at radius 1 is 0.970 bits per heavy atom. The Kier molecular flexibility index (Phi) is 6.67. The average Bonchev–Trinajstić information content (AvgIpc) is 2.83. The summed E-state index contributed by atoms with van der Waals surface area (Å²) in [7, 11) is 1.52. The van der Waals surface area contributed by atoms with Crippen LogP contribution in [0.5, 0.6) is 23.0 Å². The van der Waals surface area contributed by atoms with E-state index in [4.69, 9.17) is 14.2 Å². The number of aliphatic hydroxyl groups excluding tert-OH is 2. The third kappa shape index (κ3) is 4.72. The maximum atomic E-state index is 12.3. The number of para-hydroxylation sites is 1. The SMILES string of the molecule is COc1cc2c(Oc3cc4ccccc4nc3C(C)=O)ccnc2cc1OCC(CO)CO. The molecule has 0 aliphatic rings. The molecule has 170 valence electrons. The molecule has 0 aliphatic carbocycles. The standard InChI is InChI=1S/C25H24N2O6/c1-15(30)25-24(9-17-5-3-4-6-19(17)27-25)33-21-7-8-26-20-11-23(22(31-2)10-18(20)21)32-14-16(12-28)13-29/h3-11,16,28-29H,12-14H2,1-2H3. The lowest BCUT2D eigenvalue weighted by atomic mass is 10.1. The van der Waals surface area contributed by atoms with Crippen molar-refractivity contribution >= 4 is 27.6 Å². The number of rotatable bonds is 9. The molecule has 0 amide bonds. The second kappa shape index (κ2) is 9.81. The summed E-state index contributed by atoms with van der Waals surface area (Å²) in [4.78, 5) is 21.1. The van der Waals surface area contributed by atoms with Gasteiger partial charge in [-0.1, -0.05) is 18.2 Å². The van der Waals surface area contributed by atoms with Gasteiger partial charge in [0.15, 0.2) is 23.0 Å². The zero-order valence-electron chi connectivity index (χ0n) is 18.3. The number of Topliss-reactive ketones (excluding diaryl/α,β-unsaturated/α-hetero) is 1. The molecule has 0 bridgehead atoms. The first-order chi connectivity index (χ1) is 16.0. The highest BCUT2D eigenvalue weighted by molar-refractivity contribution is 5.98. The van der Waals surface area contributed by atoms with Crippen LogP contribution in [0.1, 0.15) is 17.4 Å². The molecule has 0 saturated carbocycles. The van der Waals surface area contributed by atoms with Gasteiger partial charge in [0.2, 0.25) is 0 Å². The second-order valence-electron chi connectivity index (χ2n) is 7.56. The first-order valence-electron chi connectivity index (χ1n) is 10.4. The first-order valence-corrected chi connectivity index (χ1v) is 10.4. The van der Waals surface area contributed by atoms with E-state index < -0.39 is 5.92 Å². The van der Waals surface area contributed by atoms with E-state index >= 15 is 0 Å². The van der Waals surface area contributed by atoms with Gasteiger partial charge >= 0.3 is 0 Å². The van der Waals surface area contributed by atoms with Crippen molar-refractivity contribution in [1.29, 1.82) is 0 Å². The normalized spacial score (nSPS) is 11.2. The van der Waals surface area contributed by atoms with Gasteiger partial charge in [-0.15, -0.1) is 0 Å². The number of aliphatic hydroxyl groups is 2. The second-order valence-corrected chi connectivity index (χ2v) is 7.56. The molecule has 2 N–H and O–H groups in total. The molecule has 33 heavy (non-hydrogen) atoms. The summed E-state index contributed by atoms with van der Waals surface area (Å²) in [6.07, 6.45) is 1.60. The molecule has 0 unspecified atom stereocenters. The Labute approximate surface area is 190 Å². The van der Waals surface area contributed by atoms with Gasteiger partial charge in [0.05, 0.1) is 38.0 Å². The Morgan fingerprint density at radius 2 is 1.76 bits per heavy atom. The van der Waals surface area contributed by atoms with Crippen molar-refractivity contribution in [3.63, 3.8) is 0 Å². The zero-order chi connectivity index (χ0) is 23.4. The van der Waals surface area contributed by atoms with Crippen LogP contribution in [0.25, 0.3) is 21.8 Å². The number of benzene rings is 2. The number of fused-ring (bicyclic) bond motifs is 2. The zero-order valence-corrected chi connectivity index (χ0v) is 18.3. The fourth-order valence-electron chi connectivity index (χ4n) is 3.41. The molecule has 0 spiro atoms. The maximum Gasteiger partial charge on any atom is 0.181 e. The number of methoxy groups -OCH3 is 1. The first kappa shape index (κ1) is 22.4. The van der Waals surface area contributed by atoms with E-state index in [9.17, 15) is 15.0 Å². The molecule has 0 saturated heterocycles. The Bertz CT molecular complexity index is 1300. The van der Waals surface area contributed by atoms with Crippen molar-refractivity contribution in [2.45, 2.75) is 6.92 Å². The van der Waals surface area contributed by atoms with Crippen LogP contribution >= 0.6 is 0 Å². The van der Waals surface area contributed by atoms with Crippen LogP contribution < -0.4 is 14.2 Å². The Morgan fingerprint density at radius 3 is 2.48 bits per heavy atom. The van der Waals surface area contributed by atoms with Crippen molar-refractivity contribution in [3.05, 3.63) is 60.4 Å². The molecule has 2 heterocycles. The highest BCUT2D eigenvalue weighted by atomic mass is 16.5. The van der Waals surface area contributed by atoms with Crippen LogP contribution in [0.3, 0.4) is 0 Å². The molecule has 4 aromatic rings. The number of ketones is 1. The van der Waals surface area contributed by atoms with Crippen molar-refractivity contribution < 1.29 is 29.2 Å². The summed E-state index contributed by atoms with van der Waals surface area (Å²) in [5, 5.41) is 20.1. The molecular formula is C25H24N2O6. The molecule has 0 fully saturated rings. The van der Waals surface area contributed by atoms with Crippen LogP contribution in [-0.4, -0.2) is 52.9 Å². The number of pyridine rings is 2. The van der Waals surface area contributed by atoms with Gasteiger partial charge < -0.3 is 24.4 Å². The molecule has 2 aromatic heterocycles. The molecule has 4 rings (SSSR count). The molecule has 0 radical (unpaired) electrons. The summed E-state index contributed by atoms with van der Waals surface area (Å²) in [6, 6.07) is 14.5. The van der Waals surface area contributed by atoms with Crippen molar-refractivity contribution in [3.8, 4) is 23.0 Å².